The molecule has 21 heavy (non-hydrogen) atoms. The van der Waals surface area contributed by atoms with Gasteiger partial charge in [0.2, 0.25) is 0 Å². The zero-order valence-electron chi connectivity index (χ0n) is 13.1. The van der Waals surface area contributed by atoms with Gasteiger partial charge >= 0.3 is 0 Å². The van der Waals surface area contributed by atoms with E-state index in [1.807, 2.05) is 43.3 Å². The van der Waals surface area contributed by atoms with Gasteiger partial charge in [0.15, 0.2) is 0 Å². The molecule has 3 nitrogen and oxygen atoms in total. The number of nitrogens with one attached hydrogen (secondary N) is 1. The van der Waals surface area contributed by atoms with Crippen molar-refractivity contribution in [3.63, 3.8) is 0 Å². The molecule has 0 aliphatic heterocycles. The third-order valence-corrected chi connectivity index (χ3v) is 3.57. The van der Waals surface area contributed by atoms with Crippen LogP contribution in [0.5, 0.6) is 0 Å². The van der Waals surface area contributed by atoms with Crippen LogP contribution in [0.1, 0.15) is 55.2 Å². The number of carbonyl (C=O) groups is 1. The molecule has 0 unspecified atom stereocenters. The fourth-order valence-corrected chi connectivity index (χ4v) is 2.14. The van der Waals surface area contributed by atoms with Gasteiger partial charge in [-0.1, -0.05) is 32.9 Å². The number of hydrogen-bond donors (Lipinski definition) is 1. The third kappa shape index (κ3) is 3.91. The van der Waals surface area contributed by atoms with Gasteiger partial charge in [-0.05, 0) is 47.7 Å². The minimum atomic E-state index is -0.0558. The van der Waals surface area contributed by atoms with E-state index in [0.29, 0.717) is 5.56 Å². The predicted molar refractivity (Wildman–Crippen MR) is 85.3 cm³/mol. The normalized spacial score (nSPS) is 12.8. The molecule has 1 atom stereocenters. The van der Waals surface area contributed by atoms with Crippen LogP contribution in [0.2, 0.25) is 0 Å². The highest BCUT2D eigenvalue weighted by Gasteiger charge is 2.15. The lowest BCUT2D eigenvalue weighted by molar-refractivity contribution is 0.0940. The monoisotopic (exact) mass is 282 g/mol. The van der Waals surface area contributed by atoms with Gasteiger partial charge in [0.1, 0.15) is 0 Å². The lowest BCUT2D eigenvalue weighted by Gasteiger charge is -2.19. The van der Waals surface area contributed by atoms with Crippen molar-refractivity contribution in [2.45, 2.75) is 39.2 Å². The molecular weight excluding hydrogens is 260 g/mol. The van der Waals surface area contributed by atoms with Crippen LogP contribution >= 0.6 is 0 Å². The first kappa shape index (κ1) is 15.2. The summed E-state index contributed by atoms with van der Waals surface area (Å²) in [5, 5.41) is 3.00. The Morgan fingerprint density at radius 3 is 2.14 bits per heavy atom. The molecule has 0 bridgehead atoms. The van der Waals surface area contributed by atoms with Crippen molar-refractivity contribution in [3.05, 3.63) is 65.5 Å². The Labute approximate surface area is 126 Å². The topological polar surface area (TPSA) is 42.0 Å². The maximum absolute atomic E-state index is 12.3. The molecular formula is C18H22N2O. The molecule has 0 saturated carbocycles. The Morgan fingerprint density at radius 1 is 1.05 bits per heavy atom. The zero-order chi connectivity index (χ0) is 15.5. The van der Waals surface area contributed by atoms with Crippen LogP contribution in [-0.2, 0) is 5.41 Å². The molecule has 110 valence electrons. The highest BCUT2D eigenvalue weighted by molar-refractivity contribution is 5.94. The van der Waals surface area contributed by atoms with Crippen molar-refractivity contribution < 1.29 is 4.79 Å². The Kier molecular flexibility index (Phi) is 4.41. The molecule has 1 amide bonds. The van der Waals surface area contributed by atoms with Crippen molar-refractivity contribution in [1.82, 2.24) is 10.3 Å². The molecule has 1 N–H and O–H groups in total. The summed E-state index contributed by atoms with van der Waals surface area (Å²) in [5.74, 6) is -0.0558. The van der Waals surface area contributed by atoms with E-state index in [1.165, 1.54) is 5.56 Å². The number of hydrogen-bond acceptors (Lipinski definition) is 2. The highest BCUT2D eigenvalue weighted by atomic mass is 16.1. The largest absolute Gasteiger partial charge is 0.346 e. The molecule has 2 rings (SSSR count). The van der Waals surface area contributed by atoms with Gasteiger partial charge in [0.05, 0.1) is 6.04 Å². The molecule has 0 saturated heterocycles. The Hall–Kier alpha value is -2.16. The molecule has 2 aromatic rings. The number of aromatic nitrogens is 1. The second-order valence-corrected chi connectivity index (χ2v) is 6.30. The number of carbonyl (C=O) groups excluding carboxylic acids is 1. The number of amides is 1. The van der Waals surface area contributed by atoms with E-state index in [1.54, 1.807) is 12.4 Å². The highest BCUT2D eigenvalue weighted by Crippen LogP contribution is 2.22. The molecule has 1 aromatic carbocycles. The van der Waals surface area contributed by atoms with Crippen LogP contribution in [0, 0.1) is 0 Å². The van der Waals surface area contributed by atoms with Crippen LogP contribution in [0.25, 0.3) is 0 Å². The van der Waals surface area contributed by atoms with Crippen LogP contribution in [-0.4, -0.2) is 10.9 Å². The summed E-state index contributed by atoms with van der Waals surface area (Å²) in [7, 11) is 0. The van der Waals surface area contributed by atoms with Gasteiger partial charge in [-0.3, -0.25) is 9.78 Å². The predicted octanol–water partition coefficient (Wildman–Crippen LogP) is 3.87. The number of rotatable bonds is 3. The zero-order valence-corrected chi connectivity index (χ0v) is 13.1. The van der Waals surface area contributed by atoms with Gasteiger partial charge in [-0.25, -0.2) is 0 Å². The Balaban J connectivity index is 2.07. The summed E-state index contributed by atoms with van der Waals surface area (Å²) >= 11 is 0. The quantitative estimate of drug-likeness (QED) is 0.928. The minimum Gasteiger partial charge on any atom is -0.346 e. The van der Waals surface area contributed by atoms with Crippen molar-refractivity contribution in [3.8, 4) is 0 Å². The molecule has 1 heterocycles. The van der Waals surface area contributed by atoms with Gasteiger partial charge in [-0.15, -0.1) is 0 Å². The first-order valence-corrected chi connectivity index (χ1v) is 7.19. The van der Waals surface area contributed by atoms with E-state index in [2.05, 4.69) is 31.1 Å². The van der Waals surface area contributed by atoms with Gasteiger partial charge in [-0.2, -0.15) is 0 Å². The summed E-state index contributed by atoms with van der Waals surface area (Å²) < 4.78 is 0. The second kappa shape index (κ2) is 6.08. The van der Waals surface area contributed by atoms with Crippen LogP contribution in [0.3, 0.4) is 0 Å². The lowest BCUT2D eigenvalue weighted by Crippen LogP contribution is -2.26. The van der Waals surface area contributed by atoms with Gasteiger partial charge < -0.3 is 5.32 Å². The summed E-state index contributed by atoms with van der Waals surface area (Å²) in [6, 6.07) is 11.6. The first-order valence-electron chi connectivity index (χ1n) is 7.19. The van der Waals surface area contributed by atoms with Gasteiger partial charge in [0, 0.05) is 18.0 Å². The second-order valence-electron chi connectivity index (χ2n) is 6.30. The number of pyridine rings is 1. The average Bonchev–Trinajstić information content (AvgIpc) is 2.47. The summed E-state index contributed by atoms with van der Waals surface area (Å²) in [4.78, 5) is 16.2. The molecule has 3 heteroatoms. The Bertz CT molecular complexity index is 597. The number of benzene rings is 1. The summed E-state index contributed by atoms with van der Waals surface area (Å²) in [6.07, 6.45) is 3.46. The van der Waals surface area contributed by atoms with E-state index in [0.717, 1.165) is 5.56 Å². The maximum atomic E-state index is 12.3. The lowest BCUT2D eigenvalue weighted by atomic mass is 9.86. The fraction of sp³-hybridized carbons (Fsp3) is 0.333. The van der Waals surface area contributed by atoms with E-state index in [-0.39, 0.29) is 17.4 Å². The van der Waals surface area contributed by atoms with Crippen molar-refractivity contribution in [2.24, 2.45) is 0 Å². The molecule has 0 radical (unpaired) electrons. The molecule has 0 aliphatic carbocycles. The minimum absolute atomic E-state index is 0.0391. The van der Waals surface area contributed by atoms with E-state index < -0.39 is 0 Å². The van der Waals surface area contributed by atoms with Gasteiger partial charge in [0.25, 0.3) is 5.91 Å². The summed E-state index contributed by atoms with van der Waals surface area (Å²) in [6.45, 7) is 8.45. The maximum Gasteiger partial charge on any atom is 0.251 e. The van der Waals surface area contributed by atoms with Crippen LogP contribution in [0.4, 0.5) is 0 Å². The van der Waals surface area contributed by atoms with Crippen molar-refractivity contribution >= 4 is 5.91 Å². The SMILES string of the molecule is C[C@H](NC(=O)c1ccc(C(C)(C)C)cc1)c1ccncc1. The molecule has 0 fully saturated rings. The average molecular weight is 282 g/mol. The smallest absolute Gasteiger partial charge is 0.251 e. The molecule has 0 aliphatic rings. The fourth-order valence-electron chi connectivity index (χ4n) is 2.14. The van der Waals surface area contributed by atoms with Crippen molar-refractivity contribution in [1.29, 1.82) is 0 Å². The van der Waals surface area contributed by atoms with E-state index in [9.17, 15) is 4.79 Å². The third-order valence-electron chi connectivity index (χ3n) is 3.57. The molecule has 1 aromatic heterocycles. The van der Waals surface area contributed by atoms with E-state index >= 15 is 0 Å². The van der Waals surface area contributed by atoms with Crippen LogP contribution < -0.4 is 5.32 Å². The standard InChI is InChI=1S/C18H22N2O/c1-13(14-9-11-19-12-10-14)20-17(21)15-5-7-16(8-6-15)18(2,3)4/h5-13H,1-4H3,(H,20,21)/t13-/m0/s1. The van der Waals surface area contributed by atoms with E-state index in [4.69, 9.17) is 0 Å². The Morgan fingerprint density at radius 2 is 1.62 bits per heavy atom. The molecule has 0 spiro atoms. The summed E-state index contributed by atoms with van der Waals surface area (Å²) in [5.41, 5.74) is 3.05. The first-order chi connectivity index (χ1) is 9.88. The van der Waals surface area contributed by atoms with Crippen LogP contribution in [0.15, 0.2) is 48.8 Å². The number of nitrogens with zero attached hydrogens (tertiary/aromatic N) is 1. The van der Waals surface area contributed by atoms with Crippen molar-refractivity contribution in [2.75, 3.05) is 0 Å².